The summed E-state index contributed by atoms with van der Waals surface area (Å²) in [5.41, 5.74) is 5.01. The number of amides is 3. The van der Waals surface area contributed by atoms with Crippen LogP contribution in [0.2, 0.25) is 0 Å². The van der Waals surface area contributed by atoms with Gasteiger partial charge in [0.15, 0.2) is 0 Å². The molecule has 1 saturated carbocycles. The Morgan fingerprint density at radius 1 is 1.50 bits per heavy atom. The molecule has 0 radical (unpaired) electrons. The zero-order chi connectivity index (χ0) is 13.2. The smallest absolute Gasteiger partial charge is 0.325 e. The van der Waals surface area contributed by atoms with E-state index in [0.29, 0.717) is 26.1 Å². The minimum atomic E-state index is -0.752. The fraction of sp³-hybridized carbons (Fsp3) is 0.833. The monoisotopic (exact) mass is 255 g/mol. The van der Waals surface area contributed by atoms with Crippen LogP contribution in [0.4, 0.5) is 4.79 Å². The molecule has 1 aliphatic carbocycles. The molecule has 1 spiro atoms. The van der Waals surface area contributed by atoms with E-state index in [1.165, 1.54) is 4.90 Å². The Morgan fingerprint density at radius 2 is 2.28 bits per heavy atom. The lowest BCUT2D eigenvalue weighted by molar-refractivity contribution is -0.134. The van der Waals surface area contributed by atoms with Crippen LogP contribution in [0.1, 0.15) is 25.7 Å². The molecule has 18 heavy (non-hydrogen) atoms. The number of nitrogens with one attached hydrogen (secondary N) is 1. The first-order valence-corrected chi connectivity index (χ1v) is 6.49. The molecular weight excluding hydrogens is 234 g/mol. The van der Waals surface area contributed by atoms with Crippen molar-refractivity contribution < 1.29 is 14.3 Å². The molecule has 2 rings (SSSR count). The summed E-state index contributed by atoms with van der Waals surface area (Å²) in [6, 6.07) is -0.308. The molecule has 6 nitrogen and oxygen atoms in total. The molecule has 3 amide bonds. The van der Waals surface area contributed by atoms with Gasteiger partial charge < -0.3 is 15.8 Å². The van der Waals surface area contributed by atoms with Gasteiger partial charge in [-0.1, -0.05) is 12.8 Å². The van der Waals surface area contributed by atoms with E-state index in [9.17, 15) is 9.59 Å². The van der Waals surface area contributed by atoms with Crippen LogP contribution >= 0.6 is 0 Å². The largest absolute Gasteiger partial charge is 0.383 e. The average molecular weight is 255 g/mol. The van der Waals surface area contributed by atoms with E-state index in [0.717, 1.165) is 19.3 Å². The Bertz CT molecular complexity index is 347. The normalized spacial score (nSPS) is 32.1. The van der Waals surface area contributed by atoms with Crippen molar-refractivity contribution in [2.75, 3.05) is 26.8 Å². The number of ether oxygens (including phenoxy) is 1. The van der Waals surface area contributed by atoms with Crippen LogP contribution < -0.4 is 11.1 Å². The number of hydrogen-bond acceptors (Lipinski definition) is 4. The Labute approximate surface area is 107 Å². The van der Waals surface area contributed by atoms with Gasteiger partial charge in [-0.2, -0.15) is 0 Å². The van der Waals surface area contributed by atoms with Gasteiger partial charge in [-0.3, -0.25) is 9.69 Å². The highest BCUT2D eigenvalue weighted by Crippen LogP contribution is 2.37. The highest BCUT2D eigenvalue weighted by atomic mass is 16.5. The maximum atomic E-state index is 12.5. The van der Waals surface area contributed by atoms with Crippen LogP contribution in [-0.2, 0) is 9.53 Å². The first-order valence-electron chi connectivity index (χ1n) is 6.49. The summed E-state index contributed by atoms with van der Waals surface area (Å²) in [5.74, 6) is -0.0741. The molecule has 2 aliphatic rings. The second-order valence-electron chi connectivity index (χ2n) is 5.03. The maximum Gasteiger partial charge on any atom is 0.325 e. The SMILES string of the molecule is COCCN1C(=O)NC2(CCCCC2CN)C1=O. The summed E-state index contributed by atoms with van der Waals surface area (Å²) in [4.78, 5) is 25.7. The summed E-state index contributed by atoms with van der Waals surface area (Å²) < 4.78 is 4.93. The Morgan fingerprint density at radius 3 is 2.94 bits per heavy atom. The molecular formula is C12H21N3O3. The fourth-order valence-electron chi connectivity index (χ4n) is 3.04. The van der Waals surface area contributed by atoms with Crippen LogP contribution in [0, 0.1) is 5.92 Å². The molecule has 2 atom stereocenters. The number of nitrogens with zero attached hydrogens (tertiary/aromatic N) is 1. The van der Waals surface area contributed by atoms with Gasteiger partial charge in [-0.25, -0.2) is 4.79 Å². The molecule has 0 aromatic carbocycles. The number of rotatable bonds is 4. The number of imide groups is 1. The van der Waals surface area contributed by atoms with Gasteiger partial charge in [-0.05, 0) is 19.4 Å². The Hall–Kier alpha value is -1.14. The van der Waals surface area contributed by atoms with Crippen molar-refractivity contribution in [1.29, 1.82) is 0 Å². The number of carbonyl (C=O) groups excluding carboxylic acids is 2. The Kier molecular flexibility index (Phi) is 3.87. The standard InChI is InChI=1S/C12H21N3O3/c1-18-7-6-15-10(16)12(14-11(15)17)5-3-2-4-9(12)8-13/h9H,2-8,13H2,1H3,(H,14,17). The Balaban J connectivity index is 2.18. The van der Waals surface area contributed by atoms with E-state index < -0.39 is 5.54 Å². The predicted molar refractivity (Wildman–Crippen MR) is 65.9 cm³/mol. The number of nitrogens with two attached hydrogens (primary N) is 1. The average Bonchev–Trinajstić information content (AvgIpc) is 2.60. The highest BCUT2D eigenvalue weighted by molar-refractivity contribution is 6.07. The van der Waals surface area contributed by atoms with Crippen molar-refractivity contribution in [2.45, 2.75) is 31.2 Å². The van der Waals surface area contributed by atoms with E-state index in [1.807, 2.05) is 0 Å². The molecule has 1 heterocycles. The zero-order valence-corrected chi connectivity index (χ0v) is 10.8. The summed E-state index contributed by atoms with van der Waals surface area (Å²) in [5, 5.41) is 2.88. The van der Waals surface area contributed by atoms with Crippen molar-refractivity contribution in [2.24, 2.45) is 11.7 Å². The maximum absolute atomic E-state index is 12.5. The number of hydrogen-bond donors (Lipinski definition) is 2. The lowest BCUT2D eigenvalue weighted by atomic mass is 9.72. The van der Waals surface area contributed by atoms with Crippen LogP contribution in [0.25, 0.3) is 0 Å². The third-order valence-corrected chi connectivity index (χ3v) is 4.08. The minimum Gasteiger partial charge on any atom is -0.383 e. The molecule has 1 saturated heterocycles. The van der Waals surface area contributed by atoms with Gasteiger partial charge in [0.1, 0.15) is 5.54 Å². The van der Waals surface area contributed by atoms with Crippen LogP contribution in [0.5, 0.6) is 0 Å². The van der Waals surface area contributed by atoms with Gasteiger partial charge in [0.05, 0.1) is 13.2 Å². The number of carbonyl (C=O) groups is 2. The van der Waals surface area contributed by atoms with Crippen LogP contribution in [0.15, 0.2) is 0 Å². The fourth-order valence-corrected chi connectivity index (χ4v) is 3.04. The van der Waals surface area contributed by atoms with Crippen LogP contribution in [-0.4, -0.2) is 49.2 Å². The van der Waals surface area contributed by atoms with E-state index in [-0.39, 0.29) is 17.9 Å². The van der Waals surface area contributed by atoms with Crippen molar-refractivity contribution >= 4 is 11.9 Å². The van der Waals surface area contributed by atoms with Gasteiger partial charge in [0, 0.05) is 13.0 Å². The van der Waals surface area contributed by atoms with E-state index in [4.69, 9.17) is 10.5 Å². The van der Waals surface area contributed by atoms with Crippen molar-refractivity contribution in [3.8, 4) is 0 Å². The summed E-state index contributed by atoms with van der Waals surface area (Å²) in [7, 11) is 1.55. The molecule has 0 bridgehead atoms. The zero-order valence-electron chi connectivity index (χ0n) is 10.8. The molecule has 102 valence electrons. The molecule has 2 fully saturated rings. The first-order chi connectivity index (χ1) is 8.65. The summed E-state index contributed by atoms with van der Waals surface area (Å²) in [6.07, 6.45) is 3.63. The quantitative estimate of drug-likeness (QED) is 0.696. The van der Waals surface area contributed by atoms with Gasteiger partial charge in [0.25, 0.3) is 5.91 Å². The predicted octanol–water partition coefficient (Wildman–Crippen LogP) is 0.0723. The van der Waals surface area contributed by atoms with Gasteiger partial charge >= 0.3 is 6.03 Å². The van der Waals surface area contributed by atoms with E-state index in [1.54, 1.807) is 7.11 Å². The lowest BCUT2D eigenvalue weighted by Crippen LogP contribution is -2.57. The minimum absolute atomic E-state index is 0.0512. The van der Waals surface area contributed by atoms with Gasteiger partial charge in [0.2, 0.25) is 0 Å². The van der Waals surface area contributed by atoms with Crippen molar-refractivity contribution in [1.82, 2.24) is 10.2 Å². The molecule has 6 heteroatoms. The lowest BCUT2D eigenvalue weighted by Gasteiger charge is -2.38. The summed E-state index contributed by atoms with van der Waals surface area (Å²) >= 11 is 0. The van der Waals surface area contributed by atoms with Crippen LogP contribution in [0.3, 0.4) is 0 Å². The summed E-state index contributed by atoms with van der Waals surface area (Å²) in [6.45, 7) is 1.10. The molecule has 1 aliphatic heterocycles. The van der Waals surface area contributed by atoms with Crippen molar-refractivity contribution in [3.63, 3.8) is 0 Å². The highest BCUT2D eigenvalue weighted by Gasteiger charge is 2.55. The van der Waals surface area contributed by atoms with Gasteiger partial charge in [-0.15, -0.1) is 0 Å². The van der Waals surface area contributed by atoms with E-state index in [2.05, 4.69) is 5.32 Å². The van der Waals surface area contributed by atoms with Crippen molar-refractivity contribution in [3.05, 3.63) is 0 Å². The second kappa shape index (κ2) is 5.24. The third-order valence-electron chi connectivity index (χ3n) is 4.08. The third kappa shape index (κ3) is 1.99. The number of urea groups is 1. The first kappa shape index (κ1) is 13.3. The number of methoxy groups -OCH3 is 1. The molecule has 2 unspecified atom stereocenters. The molecule has 0 aromatic rings. The van der Waals surface area contributed by atoms with E-state index >= 15 is 0 Å². The topological polar surface area (TPSA) is 84.7 Å². The second-order valence-corrected chi connectivity index (χ2v) is 5.03. The molecule has 0 aromatic heterocycles. The molecule has 3 N–H and O–H groups in total.